The summed E-state index contributed by atoms with van der Waals surface area (Å²) >= 11 is 0. The van der Waals surface area contributed by atoms with Crippen LogP contribution in [0.25, 0.3) is 0 Å². The molecule has 1 atom stereocenters. The maximum atomic E-state index is 12.3. The van der Waals surface area contributed by atoms with E-state index in [0.29, 0.717) is 6.42 Å². The molecule has 0 aromatic heterocycles. The number of ether oxygens (including phenoxy) is 2. The summed E-state index contributed by atoms with van der Waals surface area (Å²) < 4.78 is 11.3. The Kier molecular flexibility index (Phi) is 4.88. The molecule has 2 rings (SSSR count). The van der Waals surface area contributed by atoms with Crippen LogP contribution in [0, 0.1) is 0 Å². The van der Waals surface area contributed by atoms with E-state index >= 15 is 0 Å². The van der Waals surface area contributed by atoms with Gasteiger partial charge in [0, 0.05) is 6.42 Å². The molecule has 116 valence electrons. The molecule has 0 radical (unpaired) electrons. The second-order valence-electron chi connectivity index (χ2n) is 6.59. The Bertz CT molecular complexity index is 486. The quantitative estimate of drug-likeness (QED) is 0.847. The number of hydrogen-bond acceptors (Lipinski definition) is 4. The maximum Gasteiger partial charge on any atom is 0.336 e. The lowest BCUT2D eigenvalue weighted by Crippen LogP contribution is -2.39. The predicted molar refractivity (Wildman–Crippen MR) is 80.2 cm³/mol. The van der Waals surface area contributed by atoms with E-state index in [1.54, 1.807) is 18.2 Å². The second kappa shape index (κ2) is 6.48. The Morgan fingerprint density at radius 3 is 2.62 bits per heavy atom. The maximum absolute atomic E-state index is 12.3. The van der Waals surface area contributed by atoms with Gasteiger partial charge in [0.05, 0.1) is 6.10 Å². The first-order chi connectivity index (χ1) is 9.83. The monoisotopic (exact) mass is 292 g/mol. The molecular formula is C17H24O4. The van der Waals surface area contributed by atoms with Gasteiger partial charge < -0.3 is 14.6 Å². The molecule has 1 aliphatic carbocycles. The van der Waals surface area contributed by atoms with E-state index in [4.69, 9.17) is 9.47 Å². The molecule has 0 spiro atoms. The Morgan fingerprint density at radius 2 is 2.10 bits per heavy atom. The Morgan fingerprint density at radius 1 is 1.38 bits per heavy atom. The number of phenolic OH excluding ortho intramolecular Hbond substituents is 1. The molecule has 4 nitrogen and oxygen atoms in total. The molecule has 0 bridgehead atoms. The molecular weight excluding hydrogens is 268 g/mol. The average molecular weight is 292 g/mol. The van der Waals surface area contributed by atoms with Gasteiger partial charge in [-0.3, -0.25) is 0 Å². The van der Waals surface area contributed by atoms with Gasteiger partial charge in [-0.05, 0) is 57.7 Å². The highest BCUT2D eigenvalue weighted by atomic mass is 16.6. The molecule has 1 aliphatic rings. The molecule has 1 N–H and O–H groups in total. The minimum absolute atomic E-state index is 0.153. The van der Waals surface area contributed by atoms with Crippen LogP contribution in [0.5, 0.6) is 5.75 Å². The van der Waals surface area contributed by atoms with Gasteiger partial charge in [-0.1, -0.05) is 12.1 Å². The fraction of sp³-hybridized carbons (Fsp3) is 0.588. The molecule has 1 aromatic carbocycles. The van der Waals surface area contributed by atoms with E-state index in [1.807, 2.05) is 26.8 Å². The summed E-state index contributed by atoms with van der Waals surface area (Å²) in [4.78, 5) is 12.3. The van der Waals surface area contributed by atoms with Gasteiger partial charge >= 0.3 is 5.97 Å². The van der Waals surface area contributed by atoms with Crippen LogP contribution in [-0.4, -0.2) is 28.9 Å². The van der Waals surface area contributed by atoms with Gasteiger partial charge in [0.2, 0.25) is 0 Å². The summed E-state index contributed by atoms with van der Waals surface area (Å²) in [6.07, 6.45) is 3.10. The lowest BCUT2D eigenvalue weighted by atomic mass is 9.95. The van der Waals surface area contributed by atoms with Crippen molar-refractivity contribution in [1.29, 1.82) is 0 Å². The van der Waals surface area contributed by atoms with Gasteiger partial charge in [-0.25, -0.2) is 4.79 Å². The smallest absolute Gasteiger partial charge is 0.336 e. The van der Waals surface area contributed by atoms with Crippen molar-refractivity contribution in [3.63, 3.8) is 0 Å². The third kappa shape index (κ3) is 5.05. The molecule has 1 aromatic rings. The van der Waals surface area contributed by atoms with Gasteiger partial charge in [-0.2, -0.15) is 0 Å². The van der Waals surface area contributed by atoms with Gasteiger partial charge in [0.1, 0.15) is 11.4 Å². The zero-order valence-electron chi connectivity index (χ0n) is 13.0. The Hall–Kier alpha value is -1.55. The zero-order valence-corrected chi connectivity index (χ0v) is 13.0. The van der Waals surface area contributed by atoms with Crippen molar-refractivity contribution in [2.45, 2.75) is 64.3 Å². The van der Waals surface area contributed by atoms with E-state index in [-0.39, 0.29) is 17.8 Å². The first-order valence-corrected chi connectivity index (χ1v) is 7.50. The van der Waals surface area contributed by atoms with Gasteiger partial charge in [-0.15, -0.1) is 0 Å². The van der Waals surface area contributed by atoms with E-state index in [9.17, 15) is 9.90 Å². The number of carbonyl (C=O) groups excluding carboxylic acids is 1. The van der Waals surface area contributed by atoms with Crippen LogP contribution in [0.15, 0.2) is 24.3 Å². The van der Waals surface area contributed by atoms with Crippen LogP contribution in [0.3, 0.4) is 0 Å². The Balaban J connectivity index is 2.05. The number of rotatable bonds is 5. The van der Waals surface area contributed by atoms with E-state index in [1.165, 1.54) is 0 Å². The normalized spacial score (nSPS) is 17.1. The number of esters is 1. The summed E-state index contributed by atoms with van der Waals surface area (Å²) in [5.41, 5.74) is 0.335. The standard InChI is InChI=1S/C17H24O4/c1-17(2,3)21-16(19)15(20-14-8-5-9-14)11-12-6-4-7-13(18)10-12/h4,6-7,10,14-15,18H,5,8-9,11H2,1-3H3. The molecule has 21 heavy (non-hydrogen) atoms. The molecule has 0 aliphatic heterocycles. The molecule has 0 amide bonds. The van der Waals surface area contributed by atoms with Crippen LogP contribution in [0.4, 0.5) is 0 Å². The van der Waals surface area contributed by atoms with Crippen LogP contribution < -0.4 is 0 Å². The Labute approximate surface area is 126 Å². The third-order valence-corrected chi connectivity index (χ3v) is 3.41. The first kappa shape index (κ1) is 15.8. The highest BCUT2D eigenvalue weighted by Crippen LogP contribution is 2.26. The highest BCUT2D eigenvalue weighted by Gasteiger charge is 2.30. The SMILES string of the molecule is CC(C)(C)OC(=O)C(Cc1cccc(O)c1)OC1CCC1. The highest BCUT2D eigenvalue weighted by molar-refractivity contribution is 5.75. The minimum Gasteiger partial charge on any atom is -0.508 e. The van der Waals surface area contributed by atoms with Crippen molar-refractivity contribution in [1.82, 2.24) is 0 Å². The molecule has 0 saturated heterocycles. The van der Waals surface area contributed by atoms with E-state index < -0.39 is 11.7 Å². The van der Waals surface area contributed by atoms with Crippen molar-refractivity contribution in [2.24, 2.45) is 0 Å². The second-order valence-corrected chi connectivity index (χ2v) is 6.59. The van der Waals surface area contributed by atoms with Crippen LogP contribution >= 0.6 is 0 Å². The van der Waals surface area contributed by atoms with E-state index in [2.05, 4.69) is 0 Å². The summed E-state index contributed by atoms with van der Waals surface area (Å²) in [5, 5.41) is 9.53. The molecule has 1 fully saturated rings. The topological polar surface area (TPSA) is 55.8 Å². The third-order valence-electron chi connectivity index (χ3n) is 3.41. The summed E-state index contributed by atoms with van der Waals surface area (Å²) in [7, 11) is 0. The van der Waals surface area contributed by atoms with Gasteiger partial charge in [0.25, 0.3) is 0 Å². The van der Waals surface area contributed by atoms with Crippen molar-refractivity contribution >= 4 is 5.97 Å². The van der Waals surface area contributed by atoms with Crippen LogP contribution in [0.2, 0.25) is 0 Å². The van der Waals surface area contributed by atoms with Crippen molar-refractivity contribution in [3.8, 4) is 5.75 Å². The number of aromatic hydroxyl groups is 1. The summed E-state index contributed by atoms with van der Waals surface area (Å²) in [6.45, 7) is 5.54. The summed E-state index contributed by atoms with van der Waals surface area (Å²) in [6, 6.07) is 6.90. The average Bonchev–Trinajstić information content (AvgIpc) is 2.29. The van der Waals surface area contributed by atoms with Gasteiger partial charge in [0.15, 0.2) is 6.10 Å². The predicted octanol–water partition coefficient (Wildman–Crippen LogP) is 3.21. The van der Waals surface area contributed by atoms with Crippen molar-refractivity contribution < 1.29 is 19.4 Å². The van der Waals surface area contributed by atoms with Crippen molar-refractivity contribution in [3.05, 3.63) is 29.8 Å². The number of benzene rings is 1. The molecule has 1 unspecified atom stereocenters. The molecule has 1 saturated carbocycles. The number of phenols is 1. The van der Waals surface area contributed by atoms with Crippen LogP contribution in [-0.2, 0) is 20.7 Å². The van der Waals surface area contributed by atoms with Crippen LogP contribution in [0.1, 0.15) is 45.6 Å². The fourth-order valence-corrected chi connectivity index (χ4v) is 2.19. The number of carbonyl (C=O) groups is 1. The minimum atomic E-state index is -0.615. The number of hydrogen-bond donors (Lipinski definition) is 1. The molecule has 0 heterocycles. The summed E-state index contributed by atoms with van der Waals surface area (Å²) in [5.74, 6) is -0.142. The van der Waals surface area contributed by atoms with Crippen molar-refractivity contribution in [2.75, 3.05) is 0 Å². The zero-order chi connectivity index (χ0) is 15.5. The first-order valence-electron chi connectivity index (χ1n) is 7.50. The largest absolute Gasteiger partial charge is 0.508 e. The molecule has 4 heteroatoms. The lowest BCUT2D eigenvalue weighted by molar-refractivity contribution is -0.175. The van der Waals surface area contributed by atoms with E-state index in [0.717, 1.165) is 24.8 Å². The fourth-order valence-electron chi connectivity index (χ4n) is 2.19. The lowest BCUT2D eigenvalue weighted by Gasteiger charge is -2.31.